The summed E-state index contributed by atoms with van der Waals surface area (Å²) in [5.41, 5.74) is 2.10. The van der Waals surface area contributed by atoms with Crippen molar-refractivity contribution in [3.05, 3.63) is 63.9 Å². The highest BCUT2D eigenvalue weighted by Crippen LogP contribution is 2.27. The second-order valence-electron chi connectivity index (χ2n) is 4.72. The molecule has 0 saturated carbocycles. The zero-order valence-electron chi connectivity index (χ0n) is 11.4. The topological polar surface area (TPSA) is 29.5 Å². The van der Waals surface area contributed by atoms with Crippen LogP contribution in [-0.2, 0) is 6.61 Å². The second-order valence-corrected chi connectivity index (χ2v) is 5.13. The number of rotatable bonds is 4. The van der Waals surface area contributed by atoms with E-state index >= 15 is 0 Å². The summed E-state index contributed by atoms with van der Waals surface area (Å²) in [6, 6.07) is 10.3. The predicted molar refractivity (Wildman–Crippen MR) is 77.6 cm³/mol. The summed E-state index contributed by atoms with van der Waals surface area (Å²) in [7, 11) is 0. The molecule has 0 aliphatic rings. The smallest absolute Gasteiger partial charge is 0.148 e. The van der Waals surface area contributed by atoms with Gasteiger partial charge in [0.2, 0.25) is 0 Å². The molecule has 0 amide bonds. The van der Waals surface area contributed by atoms with Crippen LogP contribution in [0, 0.1) is 12.7 Å². The third-order valence-electron chi connectivity index (χ3n) is 3.03. The zero-order valence-corrected chi connectivity index (χ0v) is 12.1. The molecule has 0 aliphatic carbocycles. The summed E-state index contributed by atoms with van der Waals surface area (Å²) in [5.74, 6) is 0.0739. The first-order chi connectivity index (χ1) is 9.49. The molecule has 2 aromatic carbocycles. The second kappa shape index (κ2) is 6.25. The number of hydrogen-bond donors (Lipinski definition) is 1. The number of benzene rings is 2. The van der Waals surface area contributed by atoms with E-state index in [-0.39, 0.29) is 11.6 Å². The fourth-order valence-corrected chi connectivity index (χ4v) is 2.14. The van der Waals surface area contributed by atoms with E-state index in [1.54, 1.807) is 25.1 Å². The highest BCUT2D eigenvalue weighted by atomic mass is 35.5. The minimum atomic E-state index is -0.644. The van der Waals surface area contributed by atoms with Crippen LogP contribution in [0.2, 0.25) is 5.02 Å². The maximum atomic E-state index is 13.8. The van der Waals surface area contributed by atoms with Crippen LogP contribution in [0.25, 0.3) is 0 Å². The molecule has 0 fully saturated rings. The highest BCUT2D eigenvalue weighted by Gasteiger charge is 2.11. The van der Waals surface area contributed by atoms with Gasteiger partial charge in [-0.3, -0.25) is 0 Å². The SMILES string of the molecule is Cc1ccc(OCc2cccc(Cl)c2F)c([C@H](C)O)c1. The first kappa shape index (κ1) is 14.8. The van der Waals surface area contributed by atoms with Gasteiger partial charge in [0.1, 0.15) is 18.2 Å². The Labute approximate surface area is 122 Å². The number of halogens is 2. The zero-order chi connectivity index (χ0) is 14.7. The van der Waals surface area contributed by atoms with Crippen molar-refractivity contribution in [2.75, 3.05) is 0 Å². The third kappa shape index (κ3) is 3.30. The van der Waals surface area contributed by atoms with Gasteiger partial charge in [-0.15, -0.1) is 0 Å². The summed E-state index contributed by atoms with van der Waals surface area (Å²) in [5, 5.41) is 9.82. The molecular formula is C16H16ClFO2. The maximum Gasteiger partial charge on any atom is 0.148 e. The minimum Gasteiger partial charge on any atom is -0.488 e. The molecule has 2 nitrogen and oxygen atoms in total. The van der Waals surface area contributed by atoms with Crippen molar-refractivity contribution in [3.8, 4) is 5.75 Å². The molecule has 2 aromatic rings. The molecule has 2 rings (SSSR count). The number of aliphatic hydroxyl groups excluding tert-OH is 1. The van der Waals surface area contributed by atoms with Gasteiger partial charge < -0.3 is 9.84 Å². The van der Waals surface area contributed by atoms with E-state index in [0.29, 0.717) is 16.9 Å². The number of ether oxygens (including phenoxy) is 1. The van der Waals surface area contributed by atoms with Gasteiger partial charge in [0.25, 0.3) is 0 Å². The molecule has 1 atom stereocenters. The Morgan fingerprint density at radius 3 is 2.75 bits per heavy atom. The number of aliphatic hydroxyl groups is 1. The lowest BCUT2D eigenvalue weighted by atomic mass is 10.1. The lowest BCUT2D eigenvalue weighted by Crippen LogP contribution is -2.03. The first-order valence-electron chi connectivity index (χ1n) is 6.33. The minimum absolute atomic E-state index is 0.0647. The van der Waals surface area contributed by atoms with Crippen molar-refractivity contribution in [1.82, 2.24) is 0 Å². The van der Waals surface area contributed by atoms with E-state index in [4.69, 9.17) is 16.3 Å². The molecule has 20 heavy (non-hydrogen) atoms. The van der Waals surface area contributed by atoms with Crippen molar-refractivity contribution < 1.29 is 14.2 Å². The lowest BCUT2D eigenvalue weighted by molar-refractivity contribution is 0.189. The summed E-state index contributed by atoms with van der Waals surface area (Å²) in [4.78, 5) is 0. The lowest BCUT2D eigenvalue weighted by Gasteiger charge is -2.14. The van der Waals surface area contributed by atoms with Crippen molar-refractivity contribution in [1.29, 1.82) is 0 Å². The molecule has 0 aliphatic heterocycles. The van der Waals surface area contributed by atoms with E-state index in [1.807, 2.05) is 19.1 Å². The number of aryl methyl sites for hydroxylation is 1. The average molecular weight is 295 g/mol. The largest absolute Gasteiger partial charge is 0.488 e. The fraction of sp³-hybridized carbons (Fsp3) is 0.250. The van der Waals surface area contributed by atoms with E-state index in [0.717, 1.165) is 5.56 Å². The van der Waals surface area contributed by atoms with E-state index in [2.05, 4.69) is 0 Å². The quantitative estimate of drug-likeness (QED) is 0.904. The Morgan fingerprint density at radius 1 is 1.30 bits per heavy atom. The monoisotopic (exact) mass is 294 g/mol. The van der Waals surface area contributed by atoms with Gasteiger partial charge in [-0.2, -0.15) is 0 Å². The van der Waals surface area contributed by atoms with Crippen LogP contribution in [0.4, 0.5) is 4.39 Å². The highest BCUT2D eigenvalue weighted by molar-refractivity contribution is 6.30. The van der Waals surface area contributed by atoms with Gasteiger partial charge in [-0.25, -0.2) is 4.39 Å². The summed E-state index contributed by atoms with van der Waals surface area (Å²) >= 11 is 5.73. The Balaban J connectivity index is 2.21. The molecule has 106 valence electrons. The molecule has 0 bridgehead atoms. The van der Waals surface area contributed by atoms with E-state index < -0.39 is 11.9 Å². The van der Waals surface area contributed by atoms with Gasteiger partial charge in [0, 0.05) is 11.1 Å². The van der Waals surface area contributed by atoms with E-state index in [1.165, 1.54) is 6.07 Å². The van der Waals surface area contributed by atoms with Crippen LogP contribution in [-0.4, -0.2) is 5.11 Å². The normalized spacial score (nSPS) is 12.2. The predicted octanol–water partition coefficient (Wildman–Crippen LogP) is 4.42. The van der Waals surface area contributed by atoms with E-state index in [9.17, 15) is 9.50 Å². The molecule has 0 spiro atoms. The van der Waals surface area contributed by atoms with Gasteiger partial charge in [0.05, 0.1) is 11.1 Å². The van der Waals surface area contributed by atoms with Crippen LogP contribution >= 0.6 is 11.6 Å². The Kier molecular flexibility index (Phi) is 4.63. The first-order valence-corrected chi connectivity index (χ1v) is 6.71. The van der Waals surface area contributed by atoms with Crippen LogP contribution in [0.1, 0.15) is 29.7 Å². The molecule has 4 heteroatoms. The molecular weight excluding hydrogens is 279 g/mol. The summed E-state index contributed by atoms with van der Waals surface area (Å²) in [6.07, 6.45) is -0.644. The Morgan fingerprint density at radius 2 is 2.05 bits per heavy atom. The third-order valence-corrected chi connectivity index (χ3v) is 3.32. The Bertz CT molecular complexity index is 611. The summed E-state index contributed by atoms with van der Waals surface area (Å²) in [6.45, 7) is 3.67. The van der Waals surface area contributed by atoms with Gasteiger partial charge in [0.15, 0.2) is 0 Å². The molecule has 0 aromatic heterocycles. The standard InChI is InChI=1S/C16H16ClFO2/c1-10-6-7-15(13(8-10)11(2)19)20-9-12-4-3-5-14(17)16(12)18/h3-8,11,19H,9H2,1-2H3/t11-/m0/s1. The molecule has 0 radical (unpaired) electrons. The van der Waals surface area contributed by atoms with Crippen LogP contribution in [0.15, 0.2) is 36.4 Å². The van der Waals surface area contributed by atoms with Crippen molar-refractivity contribution in [3.63, 3.8) is 0 Å². The van der Waals surface area contributed by atoms with Crippen LogP contribution in [0.5, 0.6) is 5.75 Å². The van der Waals surface area contributed by atoms with Crippen LogP contribution in [0.3, 0.4) is 0 Å². The summed E-state index contributed by atoms with van der Waals surface area (Å²) < 4.78 is 19.4. The average Bonchev–Trinajstić information content (AvgIpc) is 2.41. The molecule has 0 saturated heterocycles. The fourth-order valence-electron chi connectivity index (χ4n) is 1.94. The number of hydrogen-bond acceptors (Lipinski definition) is 2. The molecule has 1 N–H and O–H groups in total. The molecule has 0 unspecified atom stereocenters. The van der Waals surface area contributed by atoms with Gasteiger partial charge in [-0.1, -0.05) is 35.4 Å². The van der Waals surface area contributed by atoms with Gasteiger partial charge >= 0.3 is 0 Å². The van der Waals surface area contributed by atoms with Crippen molar-refractivity contribution >= 4 is 11.6 Å². The van der Waals surface area contributed by atoms with Gasteiger partial charge in [-0.05, 0) is 32.0 Å². The van der Waals surface area contributed by atoms with Crippen molar-refractivity contribution in [2.24, 2.45) is 0 Å². The Hall–Kier alpha value is -1.58. The molecule has 0 heterocycles. The maximum absolute atomic E-state index is 13.8. The van der Waals surface area contributed by atoms with Crippen LogP contribution < -0.4 is 4.74 Å². The van der Waals surface area contributed by atoms with Crippen molar-refractivity contribution in [2.45, 2.75) is 26.6 Å².